The highest BCUT2D eigenvalue weighted by atomic mass is 19.1. The molecule has 0 spiro atoms. The van der Waals surface area contributed by atoms with E-state index in [1.54, 1.807) is 6.07 Å². The molecule has 4 rings (SSSR count). The van der Waals surface area contributed by atoms with Crippen LogP contribution in [-0.2, 0) is 12.8 Å². The molecule has 2 aromatic carbocycles. The van der Waals surface area contributed by atoms with Crippen molar-refractivity contribution in [3.8, 4) is 0 Å². The van der Waals surface area contributed by atoms with Crippen LogP contribution in [-0.4, -0.2) is 42.4 Å². The van der Waals surface area contributed by atoms with E-state index in [1.807, 2.05) is 32.2 Å². The van der Waals surface area contributed by atoms with Crippen molar-refractivity contribution in [2.45, 2.75) is 44.1 Å². The Morgan fingerprint density at radius 3 is 2.56 bits per heavy atom. The Morgan fingerprint density at radius 2 is 1.93 bits per heavy atom. The van der Waals surface area contributed by atoms with E-state index in [0.29, 0.717) is 6.42 Å². The Labute approximate surface area is 160 Å². The van der Waals surface area contributed by atoms with Crippen LogP contribution < -0.4 is 0 Å². The predicted molar refractivity (Wildman–Crippen MR) is 105 cm³/mol. The topological polar surface area (TPSA) is 23.5 Å². The third-order valence-corrected chi connectivity index (χ3v) is 5.61. The summed E-state index contributed by atoms with van der Waals surface area (Å²) >= 11 is 0. The Morgan fingerprint density at radius 1 is 1.15 bits per heavy atom. The summed E-state index contributed by atoms with van der Waals surface area (Å²) in [5, 5.41) is 9.32. The van der Waals surface area contributed by atoms with Gasteiger partial charge < -0.3 is 10.0 Å². The van der Waals surface area contributed by atoms with E-state index in [0.717, 1.165) is 43.5 Å². The molecule has 4 heteroatoms. The SMILES string of the molecule is CN1CCC(C)(O)C1.FCC[C@H]1Cc2cc(F)ccc2Cc2ccccc21. The Hall–Kier alpha value is -1.78. The quantitative estimate of drug-likeness (QED) is 0.838. The molecule has 2 aliphatic rings. The summed E-state index contributed by atoms with van der Waals surface area (Å²) in [5.41, 5.74) is 4.24. The average molecular weight is 373 g/mol. The number of likely N-dealkylation sites (tertiary alicyclic amines) is 1. The lowest BCUT2D eigenvalue weighted by Crippen LogP contribution is -2.27. The second-order valence-corrected chi connectivity index (χ2v) is 8.15. The van der Waals surface area contributed by atoms with E-state index in [1.165, 1.54) is 17.2 Å². The first-order valence-electron chi connectivity index (χ1n) is 9.70. The smallest absolute Gasteiger partial charge is 0.123 e. The van der Waals surface area contributed by atoms with Gasteiger partial charge >= 0.3 is 0 Å². The van der Waals surface area contributed by atoms with Gasteiger partial charge in [-0.3, -0.25) is 4.39 Å². The van der Waals surface area contributed by atoms with Gasteiger partial charge in [-0.05, 0) is 80.0 Å². The van der Waals surface area contributed by atoms with Crippen molar-refractivity contribution in [3.63, 3.8) is 0 Å². The molecule has 1 unspecified atom stereocenters. The predicted octanol–water partition coefficient (Wildman–Crippen LogP) is 4.49. The van der Waals surface area contributed by atoms with Gasteiger partial charge in [0.1, 0.15) is 5.82 Å². The van der Waals surface area contributed by atoms with Gasteiger partial charge in [0.05, 0.1) is 12.3 Å². The fourth-order valence-corrected chi connectivity index (χ4v) is 4.19. The second kappa shape index (κ2) is 8.49. The molecule has 1 aliphatic heterocycles. The van der Waals surface area contributed by atoms with Crippen molar-refractivity contribution >= 4 is 0 Å². The highest BCUT2D eigenvalue weighted by Crippen LogP contribution is 2.34. The maximum atomic E-state index is 13.4. The van der Waals surface area contributed by atoms with Crippen LogP contribution in [0.3, 0.4) is 0 Å². The van der Waals surface area contributed by atoms with Crippen LogP contribution in [0.25, 0.3) is 0 Å². The first-order chi connectivity index (χ1) is 12.9. The van der Waals surface area contributed by atoms with E-state index >= 15 is 0 Å². The van der Waals surface area contributed by atoms with Crippen molar-refractivity contribution in [1.29, 1.82) is 0 Å². The maximum Gasteiger partial charge on any atom is 0.123 e. The molecule has 1 fully saturated rings. The maximum absolute atomic E-state index is 13.4. The molecule has 0 radical (unpaired) electrons. The minimum atomic E-state index is -0.408. The molecule has 0 aromatic heterocycles. The van der Waals surface area contributed by atoms with Crippen molar-refractivity contribution in [2.24, 2.45) is 0 Å². The Kier molecular flexibility index (Phi) is 6.28. The van der Waals surface area contributed by atoms with Crippen LogP contribution in [0.15, 0.2) is 42.5 Å². The van der Waals surface area contributed by atoms with Crippen LogP contribution in [0.5, 0.6) is 0 Å². The number of rotatable bonds is 2. The molecule has 0 amide bonds. The standard InChI is InChI=1S/C17H16F2.C6H13NO/c18-8-7-14-10-15-11-16(19)6-5-12(15)9-13-3-1-2-4-17(13)14;1-6(8)3-4-7(2)5-6/h1-6,11,14H,7-10H2;8H,3-5H2,1-2H3/t14-;/m0./s1. The third kappa shape index (κ3) is 5.14. The zero-order chi connectivity index (χ0) is 19.4. The molecule has 2 nitrogen and oxygen atoms in total. The van der Waals surface area contributed by atoms with Crippen molar-refractivity contribution in [1.82, 2.24) is 4.90 Å². The highest BCUT2D eigenvalue weighted by molar-refractivity contribution is 5.42. The van der Waals surface area contributed by atoms with E-state index < -0.39 is 5.60 Å². The van der Waals surface area contributed by atoms with Gasteiger partial charge in [0, 0.05) is 13.1 Å². The zero-order valence-corrected chi connectivity index (χ0v) is 16.2. The van der Waals surface area contributed by atoms with Crippen LogP contribution >= 0.6 is 0 Å². The summed E-state index contributed by atoms with van der Waals surface area (Å²) in [6.07, 6.45) is 2.97. The minimum absolute atomic E-state index is 0.157. The molecule has 2 atom stereocenters. The largest absolute Gasteiger partial charge is 0.389 e. The van der Waals surface area contributed by atoms with Crippen molar-refractivity contribution < 1.29 is 13.9 Å². The lowest BCUT2D eigenvalue weighted by molar-refractivity contribution is 0.0719. The summed E-state index contributed by atoms with van der Waals surface area (Å²) < 4.78 is 26.2. The third-order valence-electron chi connectivity index (χ3n) is 5.61. The first kappa shape index (κ1) is 20.0. The van der Waals surface area contributed by atoms with Gasteiger partial charge in [-0.25, -0.2) is 4.39 Å². The van der Waals surface area contributed by atoms with Gasteiger partial charge in [0.15, 0.2) is 0 Å². The Bertz CT molecular complexity index is 775. The van der Waals surface area contributed by atoms with E-state index in [-0.39, 0.29) is 18.4 Å². The number of nitrogens with zero attached hydrogens (tertiary/aromatic N) is 1. The molecule has 1 aliphatic carbocycles. The fourth-order valence-electron chi connectivity index (χ4n) is 4.19. The molecule has 27 heavy (non-hydrogen) atoms. The van der Waals surface area contributed by atoms with Gasteiger partial charge in [0.25, 0.3) is 0 Å². The molecular formula is C23H29F2NO. The van der Waals surface area contributed by atoms with Gasteiger partial charge in [-0.1, -0.05) is 30.3 Å². The lowest BCUT2D eigenvalue weighted by Gasteiger charge is -2.16. The van der Waals surface area contributed by atoms with E-state index in [9.17, 15) is 13.9 Å². The van der Waals surface area contributed by atoms with Gasteiger partial charge in [-0.15, -0.1) is 0 Å². The molecule has 1 N–H and O–H groups in total. The molecule has 1 heterocycles. The Balaban J connectivity index is 0.000000221. The lowest BCUT2D eigenvalue weighted by atomic mass is 9.89. The summed E-state index contributed by atoms with van der Waals surface area (Å²) in [4.78, 5) is 2.14. The van der Waals surface area contributed by atoms with Crippen LogP contribution in [0.1, 0.15) is 47.9 Å². The fraction of sp³-hybridized carbons (Fsp3) is 0.478. The number of β-amino-alcohol motifs (C(OH)–C–C–N with tert-alkyl or cyclic N) is 1. The average Bonchev–Trinajstić information content (AvgIpc) is 2.85. The minimum Gasteiger partial charge on any atom is -0.389 e. The summed E-state index contributed by atoms with van der Waals surface area (Å²) in [6.45, 7) is 3.42. The second-order valence-electron chi connectivity index (χ2n) is 8.15. The highest BCUT2D eigenvalue weighted by Gasteiger charge is 2.28. The zero-order valence-electron chi connectivity index (χ0n) is 16.2. The normalized spacial score (nSPS) is 24.4. The van der Waals surface area contributed by atoms with Crippen LogP contribution in [0.2, 0.25) is 0 Å². The molecule has 0 bridgehead atoms. The van der Waals surface area contributed by atoms with Crippen LogP contribution in [0, 0.1) is 5.82 Å². The number of likely N-dealkylation sites (N-methyl/N-ethyl adjacent to an activating group) is 1. The monoisotopic (exact) mass is 373 g/mol. The number of hydrogen-bond acceptors (Lipinski definition) is 2. The number of aliphatic hydroxyl groups is 1. The number of halogens is 2. The molecule has 146 valence electrons. The van der Waals surface area contributed by atoms with Gasteiger partial charge in [-0.2, -0.15) is 0 Å². The molecule has 1 saturated heterocycles. The van der Waals surface area contributed by atoms with E-state index in [4.69, 9.17) is 0 Å². The number of fused-ring (bicyclic) bond motifs is 2. The van der Waals surface area contributed by atoms with Gasteiger partial charge in [0.2, 0.25) is 0 Å². The molecular weight excluding hydrogens is 344 g/mol. The molecule has 2 aromatic rings. The summed E-state index contributed by atoms with van der Waals surface area (Å²) in [7, 11) is 2.03. The number of hydrogen-bond donors (Lipinski definition) is 1. The van der Waals surface area contributed by atoms with Crippen molar-refractivity contribution in [2.75, 3.05) is 26.8 Å². The number of alkyl halides is 1. The van der Waals surface area contributed by atoms with Crippen LogP contribution in [0.4, 0.5) is 8.78 Å². The summed E-state index contributed by atoms with van der Waals surface area (Å²) in [6, 6.07) is 13.2. The first-order valence-corrected chi connectivity index (χ1v) is 9.70. The molecule has 0 saturated carbocycles. The summed E-state index contributed by atoms with van der Waals surface area (Å²) in [5.74, 6) is -0.0482. The number of benzene rings is 2. The van der Waals surface area contributed by atoms with Crippen molar-refractivity contribution in [3.05, 3.63) is 70.5 Å². The van der Waals surface area contributed by atoms with E-state index in [2.05, 4.69) is 17.0 Å².